The zero-order valence-electron chi connectivity index (χ0n) is 22.8. The second-order valence-electron chi connectivity index (χ2n) is 9.74. The summed E-state index contributed by atoms with van der Waals surface area (Å²) in [6.07, 6.45) is 2.19. The summed E-state index contributed by atoms with van der Waals surface area (Å²) in [6, 6.07) is 22.7. The van der Waals surface area contributed by atoms with E-state index >= 15 is 0 Å². The number of nitrogens with one attached hydrogen (secondary N) is 2. The van der Waals surface area contributed by atoms with Crippen LogP contribution >= 0.6 is 23.4 Å². The molecule has 1 amide bonds. The Labute approximate surface area is 244 Å². The highest BCUT2D eigenvalue weighted by molar-refractivity contribution is 7.99. The molecule has 1 atom stereocenters. The van der Waals surface area contributed by atoms with Gasteiger partial charge in [0.1, 0.15) is 18.4 Å². The molecular weight excluding hydrogens is 542 g/mol. The summed E-state index contributed by atoms with van der Waals surface area (Å²) in [5, 5.41) is 12.6. The lowest BCUT2D eigenvalue weighted by Gasteiger charge is -2.29. The van der Waals surface area contributed by atoms with Crippen LogP contribution in [0.3, 0.4) is 0 Å². The second kappa shape index (κ2) is 12.6. The Bertz CT molecular complexity index is 1530. The van der Waals surface area contributed by atoms with Crippen LogP contribution in [-0.2, 0) is 11.4 Å². The van der Waals surface area contributed by atoms with Crippen molar-refractivity contribution in [2.45, 2.75) is 51.4 Å². The van der Waals surface area contributed by atoms with Crippen molar-refractivity contribution in [1.82, 2.24) is 14.8 Å². The number of rotatable bonds is 10. The van der Waals surface area contributed by atoms with Gasteiger partial charge in [0.2, 0.25) is 11.1 Å². The molecule has 4 aromatic rings. The topological polar surface area (TPSA) is 81.1 Å². The molecule has 0 spiro atoms. The van der Waals surface area contributed by atoms with Crippen molar-refractivity contribution in [2.24, 2.45) is 0 Å². The van der Waals surface area contributed by atoms with E-state index < -0.39 is 6.04 Å². The van der Waals surface area contributed by atoms with Gasteiger partial charge in [0.15, 0.2) is 0 Å². The number of thioether (sulfide) groups is 1. The van der Waals surface area contributed by atoms with E-state index in [1.165, 1.54) is 0 Å². The maximum atomic E-state index is 13.8. The van der Waals surface area contributed by atoms with Crippen molar-refractivity contribution < 1.29 is 9.53 Å². The van der Waals surface area contributed by atoms with Crippen LogP contribution in [0.2, 0.25) is 5.02 Å². The smallest absolute Gasteiger partial charge is 0.255 e. The molecule has 206 valence electrons. The monoisotopic (exact) mass is 573 g/mol. The van der Waals surface area contributed by atoms with E-state index in [9.17, 15) is 4.79 Å². The fourth-order valence-corrected chi connectivity index (χ4v) is 5.58. The number of aryl methyl sites for hydroxylation is 1. The lowest BCUT2D eigenvalue weighted by atomic mass is 9.94. The number of hydrogen-bond donors (Lipinski definition) is 2. The maximum absolute atomic E-state index is 13.8. The highest BCUT2D eigenvalue weighted by Gasteiger charge is 2.34. The van der Waals surface area contributed by atoms with Crippen LogP contribution in [0.5, 0.6) is 5.75 Å². The average molecular weight is 574 g/mol. The van der Waals surface area contributed by atoms with E-state index in [2.05, 4.69) is 17.6 Å². The van der Waals surface area contributed by atoms with Gasteiger partial charge in [0, 0.05) is 22.2 Å². The molecule has 0 aliphatic carbocycles. The largest absolute Gasteiger partial charge is 0.489 e. The van der Waals surface area contributed by atoms with E-state index in [0.717, 1.165) is 46.7 Å². The maximum Gasteiger partial charge on any atom is 0.255 e. The normalized spacial score (nSPS) is 14.4. The lowest BCUT2D eigenvalue weighted by molar-refractivity contribution is -0.113. The molecule has 1 aromatic heterocycles. The highest BCUT2D eigenvalue weighted by atomic mass is 35.5. The van der Waals surface area contributed by atoms with E-state index in [0.29, 0.717) is 34.1 Å². The molecule has 5 rings (SSSR count). The number of benzene rings is 3. The summed E-state index contributed by atoms with van der Waals surface area (Å²) in [5.41, 5.74) is 4.99. The Morgan fingerprint density at radius 1 is 1.10 bits per heavy atom. The first-order chi connectivity index (χ1) is 19.4. The molecule has 1 aliphatic rings. The molecular formula is C31H32ClN5O2S. The fourth-order valence-electron chi connectivity index (χ4n) is 4.55. The van der Waals surface area contributed by atoms with Crippen molar-refractivity contribution in [1.29, 1.82) is 0 Å². The number of ether oxygens (including phenoxy) is 1. The fraction of sp³-hybridized carbons (Fsp3) is 0.258. The Hall–Kier alpha value is -3.75. The minimum Gasteiger partial charge on any atom is -0.489 e. The van der Waals surface area contributed by atoms with Crippen molar-refractivity contribution in [3.8, 4) is 5.75 Å². The van der Waals surface area contributed by atoms with Gasteiger partial charge in [0.05, 0.1) is 5.57 Å². The average Bonchev–Trinajstić information content (AvgIpc) is 3.34. The summed E-state index contributed by atoms with van der Waals surface area (Å²) >= 11 is 7.65. The van der Waals surface area contributed by atoms with Gasteiger partial charge in [0.25, 0.3) is 5.91 Å². The molecule has 2 N–H and O–H groups in total. The molecule has 0 saturated carbocycles. The number of aromatic nitrogens is 3. The summed E-state index contributed by atoms with van der Waals surface area (Å²) < 4.78 is 7.94. The Balaban J connectivity index is 1.48. The van der Waals surface area contributed by atoms with Gasteiger partial charge >= 0.3 is 0 Å². The molecule has 3 aromatic carbocycles. The van der Waals surface area contributed by atoms with Gasteiger partial charge in [-0.3, -0.25) is 4.79 Å². The molecule has 40 heavy (non-hydrogen) atoms. The van der Waals surface area contributed by atoms with Gasteiger partial charge in [-0.05, 0) is 73.4 Å². The van der Waals surface area contributed by atoms with Gasteiger partial charge < -0.3 is 15.4 Å². The van der Waals surface area contributed by atoms with Crippen LogP contribution in [0.25, 0.3) is 0 Å². The summed E-state index contributed by atoms with van der Waals surface area (Å²) in [6.45, 7) is 6.47. The first-order valence-corrected chi connectivity index (χ1v) is 14.7. The van der Waals surface area contributed by atoms with Crippen LogP contribution in [-0.4, -0.2) is 26.4 Å². The number of amides is 1. The van der Waals surface area contributed by atoms with E-state index in [4.69, 9.17) is 26.4 Å². The first-order valence-electron chi connectivity index (χ1n) is 13.3. The van der Waals surface area contributed by atoms with Crippen LogP contribution < -0.4 is 15.4 Å². The van der Waals surface area contributed by atoms with Crippen molar-refractivity contribution in [3.63, 3.8) is 0 Å². The number of anilines is 2. The number of hydrogen-bond acceptors (Lipinski definition) is 6. The third-order valence-corrected chi connectivity index (χ3v) is 7.75. The third kappa shape index (κ3) is 6.51. The molecule has 0 radical (unpaired) electrons. The molecule has 0 saturated heterocycles. The molecule has 0 fully saturated rings. The number of nitrogens with zero attached hydrogens (tertiary/aromatic N) is 3. The zero-order valence-corrected chi connectivity index (χ0v) is 24.4. The molecule has 7 nitrogen and oxygen atoms in total. The Morgan fingerprint density at radius 2 is 1.90 bits per heavy atom. The number of halogens is 1. The zero-order chi connectivity index (χ0) is 28.1. The minimum atomic E-state index is -0.492. The quantitative estimate of drug-likeness (QED) is 0.150. The standard InChI is InChI=1S/C31H32ClN5O2S/c1-4-5-16-40-31-35-30-33-21(3)27(29(38)34-25-10-6-8-20(2)17-25)28(37(30)36-31)23-9-7-11-26(18-23)39-19-22-12-14-24(32)15-13-22/h6-15,17-18,28H,4-5,16,19H2,1-3H3,(H,34,38)(H,33,35,36). The molecule has 1 aliphatic heterocycles. The lowest BCUT2D eigenvalue weighted by Crippen LogP contribution is -2.31. The SMILES string of the molecule is CCCCSc1nc2n(n1)C(c1cccc(OCc3ccc(Cl)cc3)c1)C(C(=O)Nc1cccc(C)c1)=C(C)N2. The number of carbonyl (C=O) groups is 1. The summed E-state index contributed by atoms with van der Waals surface area (Å²) in [4.78, 5) is 18.5. The van der Waals surface area contributed by atoms with Crippen LogP contribution in [0.15, 0.2) is 89.2 Å². The van der Waals surface area contributed by atoms with Crippen LogP contribution in [0.1, 0.15) is 49.4 Å². The van der Waals surface area contributed by atoms with Crippen molar-refractivity contribution in [2.75, 3.05) is 16.4 Å². The predicted molar refractivity (Wildman–Crippen MR) is 162 cm³/mol. The van der Waals surface area contributed by atoms with E-state index in [1.807, 2.05) is 91.3 Å². The molecule has 0 bridgehead atoms. The third-order valence-electron chi connectivity index (χ3n) is 6.58. The van der Waals surface area contributed by atoms with Gasteiger partial charge in [-0.15, -0.1) is 5.10 Å². The highest BCUT2D eigenvalue weighted by Crippen LogP contribution is 2.38. The minimum absolute atomic E-state index is 0.200. The van der Waals surface area contributed by atoms with Crippen molar-refractivity contribution in [3.05, 3.63) is 106 Å². The molecule has 1 unspecified atom stereocenters. The summed E-state index contributed by atoms with van der Waals surface area (Å²) in [7, 11) is 0. The molecule has 2 heterocycles. The number of unbranched alkanes of at least 4 members (excludes halogenated alkanes) is 1. The Morgan fingerprint density at radius 3 is 2.67 bits per heavy atom. The van der Waals surface area contributed by atoms with E-state index in [1.54, 1.807) is 11.8 Å². The first kappa shape index (κ1) is 27.8. The van der Waals surface area contributed by atoms with Crippen LogP contribution in [0.4, 0.5) is 11.6 Å². The Kier molecular flexibility index (Phi) is 8.77. The van der Waals surface area contributed by atoms with Gasteiger partial charge in [-0.2, -0.15) is 4.98 Å². The van der Waals surface area contributed by atoms with Gasteiger partial charge in [-0.1, -0.05) is 73.1 Å². The number of fused-ring (bicyclic) bond motifs is 1. The van der Waals surface area contributed by atoms with E-state index in [-0.39, 0.29) is 5.91 Å². The second-order valence-corrected chi connectivity index (χ2v) is 11.2. The van der Waals surface area contributed by atoms with Gasteiger partial charge in [-0.25, -0.2) is 4.68 Å². The van der Waals surface area contributed by atoms with Crippen LogP contribution in [0, 0.1) is 6.92 Å². The molecule has 9 heteroatoms. The predicted octanol–water partition coefficient (Wildman–Crippen LogP) is 7.64. The number of allylic oxidation sites excluding steroid dienone is 1. The number of carbonyl (C=O) groups excluding carboxylic acids is 1. The summed E-state index contributed by atoms with van der Waals surface area (Å²) in [5.74, 6) is 2.04. The van der Waals surface area contributed by atoms with Crippen molar-refractivity contribution >= 4 is 40.9 Å².